The third kappa shape index (κ3) is 9.22. The normalized spacial score (nSPS) is 27.0. The van der Waals surface area contributed by atoms with Gasteiger partial charge in [-0.1, -0.05) is 26.0 Å². The van der Waals surface area contributed by atoms with E-state index in [0.29, 0.717) is 59.9 Å². The van der Waals surface area contributed by atoms with E-state index in [1.807, 2.05) is 16.0 Å². The molecule has 13 rings (SSSR count). The number of rotatable bonds is 6. The molecule has 5 atom stereocenters. The van der Waals surface area contributed by atoms with E-state index in [2.05, 4.69) is 89.5 Å². The summed E-state index contributed by atoms with van der Waals surface area (Å²) in [5.74, 6) is -0.803. The van der Waals surface area contributed by atoms with Crippen molar-refractivity contribution in [1.82, 2.24) is 44.3 Å². The van der Waals surface area contributed by atoms with Gasteiger partial charge in [0.15, 0.2) is 6.23 Å². The molecule has 0 bridgehead atoms. The second kappa shape index (κ2) is 19.1. The number of piperidine rings is 2. The molecular formula is C55H67N11O5S2. The van der Waals surface area contributed by atoms with Crippen LogP contribution >= 0.6 is 22.7 Å². The van der Waals surface area contributed by atoms with E-state index in [1.165, 1.54) is 71.3 Å². The van der Waals surface area contributed by atoms with Crippen LogP contribution in [-0.4, -0.2) is 128 Å². The Labute approximate surface area is 434 Å². The minimum atomic E-state index is -0.873. The second-order valence-corrected chi connectivity index (χ2v) is 25.4. The maximum Gasteiger partial charge on any atom is 0.314 e. The molecule has 2 aromatic carbocycles. The molecule has 4 amide bonds. The molecule has 18 heteroatoms. The molecule has 4 aromatic heterocycles. The van der Waals surface area contributed by atoms with Gasteiger partial charge in [0, 0.05) is 69.3 Å². The van der Waals surface area contributed by atoms with Crippen LogP contribution in [0.3, 0.4) is 0 Å². The third-order valence-electron chi connectivity index (χ3n) is 17.2. The Kier molecular flexibility index (Phi) is 12.7. The lowest BCUT2D eigenvalue weighted by atomic mass is 9.58. The topological polar surface area (TPSA) is 185 Å². The molecule has 9 heterocycles. The van der Waals surface area contributed by atoms with Gasteiger partial charge in [-0.15, -0.1) is 22.7 Å². The number of primary amides is 1. The summed E-state index contributed by atoms with van der Waals surface area (Å²) in [6, 6.07) is 12.5. The minimum Gasteiger partial charge on any atom is -0.361 e. The number of hydrogen-bond donors (Lipinski definition) is 2. The SMILES string of the molecule is C[C@H]1CC[C@H](c2ccc3sc(C4CC5(C4)CN(C)C5)nc3c2)N(C(=O)C(=O)Nc2cncc3cnn(C4CCCCO4)c23)C1.C[C@H]1CC[C@H](c2ccc3sc(C4CC5(C4)CN(C)C5)nc3c2)N(C(=O)C(N)=O)C1. The molecule has 384 valence electrons. The van der Waals surface area contributed by atoms with Crippen LogP contribution < -0.4 is 11.1 Å². The third-order valence-corrected chi connectivity index (χ3v) is 19.6. The number of amides is 4. The number of carbonyl (C=O) groups excluding carboxylic acids is 4. The number of benzene rings is 2. The van der Waals surface area contributed by atoms with Crippen molar-refractivity contribution in [2.75, 3.05) is 65.3 Å². The van der Waals surface area contributed by atoms with Crippen molar-refractivity contribution in [2.45, 2.75) is 115 Å². The molecule has 5 saturated heterocycles. The summed E-state index contributed by atoms with van der Waals surface area (Å²) in [6.45, 7) is 10.9. The summed E-state index contributed by atoms with van der Waals surface area (Å²) in [5, 5.41) is 10.7. The maximum atomic E-state index is 13.8. The van der Waals surface area contributed by atoms with Gasteiger partial charge in [0.2, 0.25) is 0 Å². The first-order valence-corrected chi connectivity index (χ1v) is 28.2. The number of thiazole rings is 2. The van der Waals surface area contributed by atoms with Crippen molar-refractivity contribution >= 4 is 83.3 Å². The Morgan fingerprint density at radius 2 is 1.25 bits per heavy atom. The monoisotopic (exact) mass is 1030 g/mol. The number of likely N-dealkylation sites (tertiary alicyclic amines) is 4. The summed E-state index contributed by atoms with van der Waals surface area (Å²) in [6.07, 6.45) is 16.4. The van der Waals surface area contributed by atoms with Crippen LogP contribution in [0.25, 0.3) is 31.3 Å². The van der Waals surface area contributed by atoms with E-state index in [-0.39, 0.29) is 18.3 Å². The molecule has 73 heavy (non-hydrogen) atoms. The molecule has 6 aromatic rings. The summed E-state index contributed by atoms with van der Waals surface area (Å²) >= 11 is 3.61. The smallest absolute Gasteiger partial charge is 0.314 e. The Bertz CT molecular complexity index is 3100. The quantitative estimate of drug-likeness (QED) is 0.153. The van der Waals surface area contributed by atoms with Crippen LogP contribution in [0.4, 0.5) is 5.69 Å². The zero-order valence-corrected chi connectivity index (χ0v) is 44.1. The van der Waals surface area contributed by atoms with E-state index >= 15 is 0 Å². The molecule has 7 fully saturated rings. The fourth-order valence-electron chi connectivity index (χ4n) is 13.8. The van der Waals surface area contributed by atoms with Gasteiger partial charge in [-0.25, -0.2) is 14.6 Å². The molecule has 2 saturated carbocycles. The van der Waals surface area contributed by atoms with Crippen molar-refractivity contribution in [3.8, 4) is 0 Å². The van der Waals surface area contributed by atoms with Crippen molar-refractivity contribution in [3.05, 3.63) is 76.1 Å². The molecule has 0 radical (unpaired) electrons. The zero-order chi connectivity index (χ0) is 50.3. The molecule has 2 aliphatic carbocycles. The largest absolute Gasteiger partial charge is 0.361 e. The number of carbonyl (C=O) groups is 4. The number of anilines is 1. The number of nitrogens with one attached hydrogen (secondary N) is 1. The second-order valence-electron chi connectivity index (χ2n) is 23.3. The van der Waals surface area contributed by atoms with Crippen molar-refractivity contribution < 1.29 is 23.9 Å². The number of hydrogen-bond acceptors (Lipinski definition) is 13. The molecule has 3 N–H and O–H groups in total. The number of ether oxygens (including phenoxy) is 1. The van der Waals surface area contributed by atoms with E-state index in [9.17, 15) is 19.2 Å². The van der Waals surface area contributed by atoms with Gasteiger partial charge in [0.25, 0.3) is 0 Å². The van der Waals surface area contributed by atoms with Gasteiger partial charge in [0.1, 0.15) is 0 Å². The summed E-state index contributed by atoms with van der Waals surface area (Å²) in [4.78, 5) is 73.9. The number of aromatic nitrogens is 5. The summed E-state index contributed by atoms with van der Waals surface area (Å²) < 4.78 is 10.2. The highest BCUT2D eigenvalue weighted by Crippen LogP contribution is 2.58. The fraction of sp³-hybridized carbons (Fsp3) is 0.564. The molecule has 7 aliphatic rings. The number of pyridine rings is 1. The number of fused-ring (bicyclic) bond motifs is 3. The van der Waals surface area contributed by atoms with Gasteiger partial charge in [0.05, 0.1) is 66.1 Å². The summed E-state index contributed by atoms with van der Waals surface area (Å²) in [5.41, 5.74) is 11.7. The fourth-order valence-corrected chi connectivity index (χ4v) is 15.9. The van der Waals surface area contributed by atoms with E-state index < -0.39 is 23.6 Å². The van der Waals surface area contributed by atoms with Gasteiger partial charge in [-0.2, -0.15) is 5.10 Å². The van der Waals surface area contributed by atoms with Crippen LogP contribution in [0.5, 0.6) is 0 Å². The first-order chi connectivity index (χ1) is 35.2. The number of nitrogens with two attached hydrogens (primary N) is 1. The molecule has 16 nitrogen and oxygen atoms in total. The van der Waals surface area contributed by atoms with Crippen molar-refractivity contribution in [1.29, 1.82) is 0 Å². The molecular weight excluding hydrogens is 959 g/mol. The highest BCUT2D eigenvalue weighted by atomic mass is 32.1. The zero-order valence-electron chi connectivity index (χ0n) is 42.4. The van der Waals surface area contributed by atoms with E-state index in [0.717, 1.165) is 78.0 Å². The lowest BCUT2D eigenvalue weighted by molar-refractivity contribution is -0.147. The van der Waals surface area contributed by atoms with Crippen LogP contribution in [0.2, 0.25) is 0 Å². The average molecular weight is 1030 g/mol. The first kappa shape index (κ1) is 48.5. The highest BCUT2D eigenvalue weighted by molar-refractivity contribution is 7.19. The predicted octanol–water partition coefficient (Wildman–Crippen LogP) is 8.38. The lowest BCUT2D eigenvalue weighted by Crippen LogP contribution is -2.59. The molecule has 2 spiro atoms. The average Bonchev–Trinajstić information content (AvgIpc) is 4.10. The minimum absolute atomic E-state index is 0.0989. The van der Waals surface area contributed by atoms with Gasteiger partial charge < -0.3 is 35.4 Å². The Hall–Kier alpha value is -5.40. The Morgan fingerprint density at radius 1 is 0.699 bits per heavy atom. The van der Waals surface area contributed by atoms with Crippen LogP contribution in [0, 0.1) is 22.7 Å². The predicted molar refractivity (Wildman–Crippen MR) is 283 cm³/mol. The van der Waals surface area contributed by atoms with Crippen molar-refractivity contribution in [3.63, 3.8) is 0 Å². The number of nitrogens with zero attached hydrogens (tertiary/aromatic N) is 9. The van der Waals surface area contributed by atoms with Crippen LogP contribution in [-0.2, 0) is 23.9 Å². The first-order valence-electron chi connectivity index (χ1n) is 26.5. The van der Waals surface area contributed by atoms with Crippen LogP contribution in [0.1, 0.15) is 136 Å². The standard InChI is InChI=1S/C33H39N7O3S.C22H28N4O2S/c1-20-6-8-26(21-7-9-27-24(11-21)37-31(44-27)22-12-33(13-22)18-38(2)19-33)39(17-20)32(42)30(41)36-25-16-34-14-23-15-35-40(29(23)25)28-5-3-4-10-43-28;1-13-3-5-17(26(10-13)21(28)19(23)27)14-4-6-18-16(7-14)24-20(29-18)15-8-22(9-15)11-25(2)12-22/h7,9,11,14-16,20,22,26,28H,3-6,8,10,12-13,17-19H2,1-2H3,(H,36,41);4,6-7,13,15,17H,3,5,8-12H2,1-2H3,(H2,23,27)/t20-,26+,28?;13-,17+/m00/s1. The van der Waals surface area contributed by atoms with E-state index in [4.69, 9.17) is 20.4 Å². The van der Waals surface area contributed by atoms with Crippen LogP contribution in [0.15, 0.2) is 55.0 Å². The highest BCUT2D eigenvalue weighted by Gasteiger charge is 2.53. The van der Waals surface area contributed by atoms with Gasteiger partial charge >= 0.3 is 23.6 Å². The Morgan fingerprint density at radius 3 is 1.75 bits per heavy atom. The molecule has 5 aliphatic heterocycles. The summed E-state index contributed by atoms with van der Waals surface area (Å²) in [7, 11) is 4.39. The maximum absolute atomic E-state index is 13.8. The Balaban J connectivity index is 0.000000162. The van der Waals surface area contributed by atoms with E-state index in [1.54, 1.807) is 39.7 Å². The molecule has 1 unspecified atom stereocenters. The van der Waals surface area contributed by atoms with Crippen molar-refractivity contribution in [2.24, 2.45) is 28.4 Å². The van der Waals surface area contributed by atoms with Gasteiger partial charge in [-0.3, -0.25) is 24.2 Å². The van der Waals surface area contributed by atoms with Gasteiger partial charge in [-0.05, 0) is 143 Å². The lowest BCUT2D eigenvalue weighted by Gasteiger charge is -2.58.